The van der Waals surface area contributed by atoms with Crippen molar-refractivity contribution in [3.05, 3.63) is 35.4 Å². The highest BCUT2D eigenvalue weighted by Crippen LogP contribution is 2.47. The Morgan fingerprint density at radius 3 is 2.41 bits per heavy atom. The lowest BCUT2D eigenvalue weighted by molar-refractivity contribution is -0.0202. The fourth-order valence-corrected chi connectivity index (χ4v) is 3.97. The molecule has 22 heavy (non-hydrogen) atoms. The first kappa shape index (κ1) is 19.2. The summed E-state index contributed by atoms with van der Waals surface area (Å²) in [7, 11) is 0. The molecular formula is C21H36O. The second-order valence-electron chi connectivity index (χ2n) is 7.33. The van der Waals surface area contributed by atoms with Crippen LogP contribution in [-0.2, 0) is 6.42 Å². The van der Waals surface area contributed by atoms with Crippen LogP contribution >= 0.6 is 0 Å². The maximum atomic E-state index is 11.1. The van der Waals surface area contributed by atoms with Gasteiger partial charge in [0.15, 0.2) is 0 Å². The van der Waals surface area contributed by atoms with Gasteiger partial charge in [0, 0.05) is 5.92 Å². The molecule has 0 aromatic heterocycles. The van der Waals surface area contributed by atoms with E-state index in [1.807, 2.05) is 13.8 Å². The molecule has 0 radical (unpaired) electrons. The molecule has 2 atom stereocenters. The number of aliphatic hydroxyl groups is 1. The molecule has 2 rings (SSSR count). The second-order valence-corrected chi connectivity index (χ2v) is 7.33. The van der Waals surface area contributed by atoms with Gasteiger partial charge in [0.2, 0.25) is 0 Å². The van der Waals surface area contributed by atoms with Crippen LogP contribution in [0.1, 0.15) is 90.7 Å². The van der Waals surface area contributed by atoms with Crippen molar-refractivity contribution in [3.8, 4) is 0 Å². The zero-order chi connectivity index (χ0) is 16.8. The monoisotopic (exact) mass is 304 g/mol. The largest absolute Gasteiger partial charge is 0.389 e. The molecule has 1 aromatic rings. The summed E-state index contributed by atoms with van der Waals surface area (Å²) in [5.41, 5.74) is 2.63. The molecule has 0 amide bonds. The molecule has 0 bridgehead atoms. The number of aryl methyl sites for hydroxylation is 1. The first-order valence-corrected chi connectivity index (χ1v) is 9.22. The third kappa shape index (κ3) is 4.35. The lowest BCUT2D eigenvalue weighted by Gasteiger charge is -2.44. The SMILES string of the molecule is CC.CCCC(C)(C)CC1c2ccccc2CCC1(O)CC. The Kier molecular flexibility index (Phi) is 7.12. The van der Waals surface area contributed by atoms with E-state index >= 15 is 0 Å². The summed E-state index contributed by atoms with van der Waals surface area (Å²) < 4.78 is 0. The van der Waals surface area contributed by atoms with Gasteiger partial charge in [0.1, 0.15) is 0 Å². The lowest BCUT2D eigenvalue weighted by Crippen LogP contribution is -2.41. The molecule has 0 saturated heterocycles. The molecule has 126 valence electrons. The Bertz CT molecular complexity index is 449. The fraction of sp³-hybridized carbons (Fsp3) is 0.714. The van der Waals surface area contributed by atoms with Crippen LogP contribution in [0.3, 0.4) is 0 Å². The van der Waals surface area contributed by atoms with E-state index in [-0.39, 0.29) is 0 Å². The zero-order valence-electron chi connectivity index (χ0n) is 15.6. The van der Waals surface area contributed by atoms with Crippen molar-refractivity contribution >= 4 is 0 Å². The molecule has 0 spiro atoms. The fourth-order valence-electron chi connectivity index (χ4n) is 3.97. The maximum Gasteiger partial charge on any atom is 0.0716 e. The smallest absolute Gasteiger partial charge is 0.0716 e. The van der Waals surface area contributed by atoms with Crippen LogP contribution in [0.2, 0.25) is 0 Å². The van der Waals surface area contributed by atoms with Crippen LogP contribution in [0, 0.1) is 5.41 Å². The summed E-state index contributed by atoms with van der Waals surface area (Å²) in [6, 6.07) is 8.73. The van der Waals surface area contributed by atoms with Gasteiger partial charge >= 0.3 is 0 Å². The average molecular weight is 305 g/mol. The van der Waals surface area contributed by atoms with Crippen molar-refractivity contribution in [3.63, 3.8) is 0 Å². The average Bonchev–Trinajstić information content (AvgIpc) is 2.52. The van der Waals surface area contributed by atoms with Crippen LogP contribution in [0.4, 0.5) is 0 Å². The number of hydrogen-bond donors (Lipinski definition) is 1. The van der Waals surface area contributed by atoms with Gasteiger partial charge in [-0.3, -0.25) is 0 Å². The molecule has 1 nitrogen and oxygen atoms in total. The van der Waals surface area contributed by atoms with Crippen LogP contribution in [0.25, 0.3) is 0 Å². The molecule has 0 heterocycles. The van der Waals surface area contributed by atoms with Crippen molar-refractivity contribution in [2.75, 3.05) is 0 Å². The Balaban J connectivity index is 0.00000116. The zero-order valence-corrected chi connectivity index (χ0v) is 15.6. The first-order valence-electron chi connectivity index (χ1n) is 9.22. The van der Waals surface area contributed by atoms with Crippen LogP contribution < -0.4 is 0 Å². The quantitative estimate of drug-likeness (QED) is 0.696. The normalized spacial score (nSPS) is 24.2. The summed E-state index contributed by atoms with van der Waals surface area (Å²) in [5.74, 6) is 0.291. The highest BCUT2D eigenvalue weighted by molar-refractivity contribution is 5.36. The van der Waals surface area contributed by atoms with Gasteiger partial charge in [-0.05, 0) is 48.6 Å². The van der Waals surface area contributed by atoms with E-state index < -0.39 is 5.60 Å². The minimum absolute atomic E-state index is 0.291. The third-order valence-electron chi connectivity index (χ3n) is 5.20. The van der Waals surface area contributed by atoms with Gasteiger partial charge in [0.25, 0.3) is 0 Å². The number of rotatable bonds is 5. The molecule has 1 aliphatic carbocycles. The van der Waals surface area contributed by atoms with E-state index in [4.69, 9.17) is 0 Å². The standard InChI is InChI=1S/C19H30O.C2H6/c1-5-12-18(3,4)14-17-16-10-8-7-9-15(16)11-13-19(17,20)6-2;1-2/h7-10,17,20H,5-6,11-14H2,1-4H3;1-2H3. The van der Waals surface area contributed by atoms with E-state index in [2.05, 4.69) is 52.0 Å². The number of hydrogen-bond acceptors (Lipinski definition) is 1. The van der Waals surface area contributed by atoms with Crippen LogP contribution in [-0.4, -0.2) is 10.7 Å². The number of benzene rings is 1. The summed E-state index contributed by atoms with van der Waals surface area (Å²) in [5, 5.41) is 11.1. The molecule has 1 aromatic carbocycles. The first-order chi connectivity index (χ1) is 10.4. The van der Waals surface area contributed by atoms with E-state index in [1.165, 1.54) is 24.0 Å². The van der Waals surface area contributed by atoms with Gasteiger partial charge in [-0.1, -0.05) is 72.2 Å². The third-order valence-corrected chi connectivity index (χ3v) is 5.20. The van der Waals surface area contributed by atoms with Crippen molar-refractivity contribution in [1.29, 1.82) is 0 Å². The summed E-state index contributed by atoms with van der Waals surface area (Å²) >= 11 is 0. The summed E-state index contributed by atoms with van der Waals surface area (Å²) in [4.78, 5) is 0. The second kappa shape index (κ2) is 8.15. The molecule has 1 aliphatic rings. The molecule has 0 fully saturated rings. The summed E-state index contributed by atoms with van der Waals surface area (Å²) in [6.45, 7) is 13.1. The number of fused-ring (bicyclic) bond motifs is 1. The van der Waals surface area contributed by atoms with E-state index in [1.54, 1.807) is 0 Å². The molecule has 1 heteroatoms. The molecule has 0 aliphatic heterocycles. The van der Waals surface area contributed by atoms with E-state index in [0.717, 1.165) is 25.7 Å². The summed E-state index contributed by atoms with van der Waals surface area (Å²) in [6.07, 6.45) is 6.31. The van der Waals surface area contributed by atoms with Gasteiger partial charge in [-0.25, -0.2) is 0 Å². The highest BCUT2D eigenvalue weighted by atomic mass is 16.3. The van der Waals surface area contributed by atoms with Crippen molar-refractivity contribution < 1.29 is 5.11 Å². The van der Waals surface area contributed by atoms with Gasteiger partial charge in [-0.2, -0.15) is 0 Å². The topological polar surface area (TPSA) is 20.2 Å². The van der Waals surface area contributed by atoms with Gasteiger partial charge in [-0.15, -0.1) is 0 Å². The lowest BCUT2D eigenvalue weighted by atomic mass is 9.64. The van der Waals surface area contributed by atoms with Crippen LogP contribution in [0.15, 0.2) is 24.3 Å². The van der Waals surface area contributed by atoms with E-state index in [9.17, 15) is 5.11 Å². The maximum absolute atomic E-state index is 11.1. The van der Waals surface area contributed by atoms with E-state index in [0.29, 0.717) is 11.3 Å². The molecular weight excluding hydrogens is 268 g/mol. The highest BCUT2D eigenvalue weighted by Gasteiger charge is 2.42. The molecule has 2 unspecified atom stereocenters. The minimum Gasteiger partial charge on any atom is -0.389 e. The Morgan fingerprint density at radius 2 is 1.82 bits per heavy atom. The Hall–Kier alpha value is -0.820. The van der Waals surface area contributed by atoms with Crippen molar-refractivity contribution in [1.82, 2.24) is 0 Å². The predicted molar refractivity (Wildman–Crippen MR) is 97.4 cm³/mol. The van der Waals surface area contributed by atoms with Gasteiger partial charge in [0.05, 0.1) is 5.60 Å². The molecule has 1 N–H and O–H groups in total. The Morgan fingerprint density at radius 1 is 1.18 bits per heavy atom. The van der Waals surface area contributed by atoms with Crippen molar-refractivity contribution in [2.24, 2.45) is 5.41 Å². The Labute approximate surface area is 138 Å². The predicted octanol–water partition coefficient (Wildman–Crippen LogP) is 6.10. The van der Waals surface area contributed by atoms with Gasteiger partial charge < -0.3 is 5.11 Å². The molecule has 0 saturated carbocycles. The van der Waals surface area contributed by atoms with Crippen LogP contribution in [0.5, 0.6) is 0 Å². The van der Waals surface area contributed by atoms with Crippen molar-refractivity contribution in [2.45, 2.75) is 91.6 Å². The minimum atomic E-state index is -0.515.